The van der Waals surface area contributed by atoms with Crippen molar-refractivity contribution in [2.45, 2.75) is 26.7 Å². The van der Waals surface area contributed by atoms with Crippen molar-refractivity contribution in [1.29, 1.82) is 0 Å². The topological polar surface area (TPSA) is 0 Å². The molecule has 0 fully saturated rings. The number of hydrogen-bond acceptors (Lipinski definition) is 0. The zero-order valence-corrected chi connectivity index (χ0v) is 7.89. The molecule has 1 aliphatic rings. The van der Waals surface area contributed by atoms with E-state index in [0.717, 1.165) is 0 Å². The summed E-state index contributed by atoms with van der Waals surface area (Å²) < 4.78 is 0. The molecule has 0 radical (unpaired) electrons. The van der Waals surface area contributed by atoms with E-state index in [4.69, 9.17) is 0 Å². The Hall–Kier alpha value is -1.04. The maximum Gasteiger partial charge on any atom is 0.00264 e. The lowest BCUT2D eigenvalue weighted by Crippen LogP contribution is -1.90. The average molecular weight is 158 g/mol. The Morgan fingerprint density at radius 3 is 2.67 bits per heavy atom. The molecule has 62 valence electrons. The summed E-state index contributed by atoms with van der Waals surface area (Å²) in [6, 6.07) is 6.70. The Kier molecular flexibility index (Phi) is 1.57. The molecule has 12 heavy (non-hydrogen) atoms. The second kappa shape index (κ2) is 2.48. The van der Waals surface area contributed by atoms with E-state index in [1.165, 1.54) is 22.3 Å². The summed E-state index contributed by atoms with van der Waals surface area (Å²) in [5.74, 6) is 0.625. The van der Waals surface area contributed by atoms with E-state index in [-0.39, 0.29) is 0 Å². The molecule has 0 heteroatoms. The SMILES string of the molecule is CC1=Cc2ccc(C)cc2[C@@H]1C. The predicted molar refractivity (Wildman–Crippen MR) is 53.2 cm³/mol. The highest BCUT2D eigenvalue weighted by molar-refractivity contribution is 5.66. The lowest BCUT2D eigenvalue weighted by Gasteiger charge is -2.07. The van der Waals surface area contributed by atoms with Gasteiger partial charge in [-0.1, -0.05) is 42.3 Å². The zero-order valence-electron chi connectivity index (χ0n) is 7.89. The summed E-state index contributed by atoms with van der Waals surface area (Å²) in [6.07, 6.45) is 2.29. The Bertz CT molecular complexity index is 345. The van der Waals surface area contributed by atoms with E-state index in [2.05, 4.69) is 45.0 Å². The molecule has 0 bridgehead atoms. The van der Waals surface area contributed by atoms with E-state index in [1.807, 2.05) is 0 Å². The maximum atomic E-state index is 2.30. The predicted octanol–water partition coefficient (Wildman–Crippen LogP) is 3.52. The molecule has 1 aromatic carbocycles. The molecule has 0 saturated heterocycles. The van der Waals surface area contributed by atoms with Crippen LogP contribution < -0.4 is 0 Å². The van der Waals surface area contributed by atoms with Gasteiger partial charge in [-0.05, 0) is 25.0 Å². The number of allylic oxidation sites excluding steroid dienone is 1. The molecular weight excluding hydrogens is 144 g/mol. The van der Waals surface area contributed by atoms with Crippen LogP contribution in [0.3, 0.4) is 0 Å². The van der Waals surface area contributed by atoms with Gasteiger partial charge < -0.3 is 0 Å². The fraction of sp³-hybridized carbons (Fsp3) is 0.333. The van der Waals surface area contributed by atoms with E-state index in [1.54, 1.807) is 0 Å². The van der Waals surface area contributed by atoms with Crippen LogP contribution >= 0.6 is 0 Å². The fourth-order valence-electron chi connectivity index (χ4n) is 1.82. The van der Waals surface area contributed by atoms with Gasteiger partial charge in [0.25, 0.3) is 0 Å². The highest BCUT2D eigenvalue weighted by Crippen LogP contribution is 2.35. The third-order valence-corrected chi connectivity index (χ3v) is 2.77. The number of aryl methyl sites for hydroxylation is 1. The number of hydrogen-bond donors (Lipinski definition) is 0. The first-order chi connectivity index (χ1) is 5.68. The van der Waals surface area contributed by atoms with Crippen molar-refractivity contribution in [3.05, 3.63) is 40.5 Å². The quantitative estimate of drug-likeness (QED) is 0.542. The van der Waals surface area contributed by atoms with Crippen LogP contribution in [0.1, 0.15) is 36.5 Å². The molecule has 1 aliphatic carbocycles. The van der Waals surface area contributed by atoms with Crippen LogP contribution in [-0.4, -0.2) is 0 Å². The second-order valence-corrected chi connectivity index (χ2v) is 3.74. The highest BCUT2D eigenvalue weighted by Gasteiger charge is 2.17. The van der Waals surface area contributed by atoms with Crippen molar-refractivity contribution in [1.82, 2.24) is 0 Å². The van der Waals surface area contributed by atoms with Crippen molar-refractivity contribution in [2.75, 3.05) is 0 Å². The standard InChI is InChI=1S/C12H14/c1-8-4-5-11-7-9(2)10(3)12(11)6-8/h4-7,10H,1-3H3/t10-/m1/s1. The normalized spacial score (nSPS) is 20.6. The molecule has 1 aromatic rings. The lowest BCUT2D eigenvalue weighted by molar-refractivity contribution is 0.919. The van der Waals surface area contributed by atoms with Crippen molar-refractivity contribution < 1.29 is 0 Å². The van der Waals surface area contributed by atoms with Crippen molar-refractivity contribution in [2.24, 2.45) is 0 Å². The first kappa shape index (κ1) is 7.60. The van der Waals surface area contributed by atoms with Crippen molar-refractivity contribution in [3.63, 3.8) is 0 Å². The zero-order chi connectivity index (χ0) is 8.72. The molecule has 1 atom stereocenters. The molecule has 0 amide bonds. The van der Waals surface area contributed by atoms with Gasteiger partial charge in [0.1, 0.15) is 0 Å². The molecule has 0 saturated carbocycles. The molecule has 0 nitrogen and oxygen atoms in total. The smallest absolute Gasteiger partial charge is 0.00264 e. The van der Waals surface area contributed by atoms with Gasteiger partial charge in [0, 0.05) is 5.92 Å². The van der Waals surface area contributed by atoms with E-state index in [9.17, 15) is 0 Å². The van der Waals surface area contributed by atoms with Gasteiger partial charge in [-0.15, -0.1) is 0 Å². The van der Waals surface area contributed by atoms with E-state index >= 15 is 0 Å². The van der Waals surface area contributed by atoms with Crippen LogP contribution in [0.25, 0.3) is 6.08 Å². The Labute approximate surface area is 73.9 Å². The molecule has 0 aromatic heterocycles. The minimum absolute atomic E-state index is 0.625. The summed E-state index contributed by atoms with van der Waals surface area (Å²) in [5, 5.41) is 0. The summed E-state index contributed by atoms with van der Waals surface area (Å²) in [5.41, 5.74) is 5.75. The van der Waals surface area contributed by atoms with Gasteiger partial charge in [0.05, 0.1) is 0 Å². The largest absolute Gasteiger partial charge is 0.0655 e. The molecule has 0 heterocycles. The van der Waals surface area contributed by atoms with Crippen molar-refractivity contribution in [3.8, 4) is 0 Å². The minimum atomic E-state index is 0.625. The third kappa shape index (κ3) is 0.989. The molecule has 0 spiro atoms. The molecule has 0 N–H and O–H groups in total. The lowest BCUT2D eigenvalue weighted by atomic mass is 9.97. The fourth-order valence-corrected chi connectivity index (χ4v) is 1.82. The van der Waals surface area contributed by atoms with Crippen LogP contribution in [0.15, 0.2) is 23.8 Å². The van der Waals surface area contributed by atoms with Crippen LogP contribution in [0.5, 0.6) is 0 Å². The second-order valence-electron chi connectivity index (χ2n) is 3.74. The van der Waals surface area contributed by atoms with Crippen LogP contribution in [0.4, 0.5) is 0 Å². The first-order valence-electron chi connectivity index (χ1n) is 4.47. The molecule has 0 unspecified atom stereocenters. The van der Waals surface area contributed by atoms with Crippen molar-refractivity contribution >= 4 is 6.08 Å². The van der Waals surface area contributed by atoms with Gasteiger partial charge in [-0.2, -0.15) is 0 Å². The van der Waals surface area contributed by atoms with Gasteiger partial charge in [-0.3, -0.25) is 0 Å². The highest BCUT2D eigenvalue weighted by atomic mass is 14.2. The van der Waals surface area contributed by atoms with E-state index in [0.29, 0.717) is 5.92 Å². The summed E-state index contributed by atoms with van der Waals surface area (Å²) in [6.45, 7) is 6.64. The summed E-state index contributed by atoms with van der Waals surface area (Å²) in [4.78, 5) is 0. The Morgan fingerprint density at radius 1 is 1.17 bits per heavy atom. The van der Waals surface area contributed by atoms with Crippen LogP contribution in [-0.2, 0) is 0 Å². The number of fused-ring (bicyclic) bond motifs is 1. The number of rotatable bonds is 0. The first-order valence-corrected chi connectivity index (χ1v) is 4.47. The maximum absolute atomic E-state index is 2.30. The Balaban J connectivity index is 2.57. The molecular formula is C12H14. The van der Waals surface area contributed by atoms with Crippen LogP contribution in [0.2, 0.25) is 0 Å². The summed E-state index contributed by atoms with van der Waals surface area (Å²) >= 11 is 0. The van der Waals surface area contributed by atoms with Crippen LogP contribution in [0, 0.1) is 6.92 Å². The molecule has 2 rings (SSSR count). The molecule has 0 aliphatic heterocycles. The van der Waals surface area contributed by atoms with Gasteiger partial charge in [-0.25, -0.2) is 0 Å². The third-order valence-electron chi connectivity index (χ3n) is 2.77. The van der Waals surface area contributed by atoms with Gasteiger partial charge >= 0.3 is 0 Å². The van der Waals surface area contributed by atoms with Gasteiger partial charge in [0.2, 0.25) is 0 Å². The van der Waals surface area contributed by atoms with Gasteiger partial charge in [0.15, 0.2) is 0 Å². The minimum Gasteiger partial charge on any atom is -0.0655 e. The number of benzene rings is 1. The monoisotopic (exact) mass is 158 g/mol. The average Bonchev–Trinajstić information content (AvgIpc) is 2.31. The Morgan fingerprint density at radius 2 is 1.92 bits per heavy atom. The van der Waals surface area contributed by atoms with E-state index < -0.39 is 0 Å². The summed E-state index contributed by atoms with van der Waals surface area (Å²) in [7, 11) is 0.